The minimum atomic E-state index is -0.909. The van der Waals surface area contributed by atoms with Crippen molar-refractivity contribution in [3.63, 3.8) is 0 Å². The summed E-state index contributed by atoms with van der Waals surface area (Å²) >= 11 is 0. The number of hydrogen-bond donors (Lipinski definition) is 2. The van der Waals surface area contributed by atoms with E-state index in [0.29, 0.717) is 5.70 Å². The molecule has 0 rings (SSSR count). The zero-order chi connectivity index (χ0) is 7.28. The van der Waals surface area contributed by atoms with Gasteiger partial charge in [0.15, 0.2) is 0 Å². The fourth-order valence-electron chi connectivity index (χ4n) is 0.515. The molecule has 0 saturated heterocycles. The van der Waals surface area contributed by atoms with Gasteiger partial charge in [-0.1, -0.05) is 0 Å². The SMILES string of the molecule is CCNC(C)=CC(=O)O. The Morgan fingerprint density at radius 3 is 2.67 bits per heavy atom. The van der Waals surface area contributed by atoms with Crippen molar-refractivity contribution >= 4 is 5.97 Å². The van der Waals surface area contributed by atoms with E-state index in [9.17, 15) is 4.79 Å². The summed E-state index contributed by atoms with van der Waals surface area (Å²) in [6, 6.07) is 0. The zero-order valence-corrected chi connectivity index (χ0v) is 5.64. The molecule has 0 atom stereocenters. The summed E-state index contributed by atoms with van der Waals surface area (Å²) in [5, 5.41) is 11.1. The average Bonchev–Trinajstić information content (AvgIpc) is 1.63. The van der Waals surface area contributed by atoms with E-state index in [4.69, 9.17) is 5.11 Å². The first-order chi connectivity index (χ1) is 4.16. The van der Waals surface area contributed by atoms with Gasteiger partial charge in [0.25, 0.3) is 0 Å². The van der Waals surface area contributed by atoms with Crippen molar-refractivity contribution in [1.82, 2.24) is 5.32 Å². The molecule has 0 aliphatic carbocycles. The lowest BCUT2D eigenvalue weighted by atomic mass is 10.4. The van der Waals surface area contributed by atoms with Crippen LogP contribution in [0.2, 0.25) is 0 Å². The molecule has 0 aromatic carbocycles. The molecule has 0 aliphatic heterocycles. The number of nitrogens with one attached hydrogen (secondary N) is 1. The van der Waals surface area contributed by atoms with Gasteiger partial charge >= 0.3 is 5.97 Å². The molecular formula is C6H11NO2. The number of allylic oxidation sites excluding steroid dienone is 1. The molecule has 0 aromatic rings. The van der Waals surface area contributed by atoms with E-state index >= 15 is 0 Å². The van der Waals surface area contributed by atoms with Gasteiger partial charge in [-0.15, -0.1) is 0 Å². The normalized spacial score (nSPS) is 11.1. The summed E-state index contributed by atoms with van der Waals surface area (Å²) < 4.78 is 0. The molecule has 0 radical (unpaired) electrons. The number of carboxylic acid groups (broad SMARTS) is 1. The number of rotatable bonds is 3. The molecule has 52 valence electrons. The molecule has 3 nitrogen and oxygen atoms in total. The van der Waals surface area contributed by atoms with Crippen LogP contribution in [-0.2, 0) is 4.79 Å². The first-order valence-corrected chi connectivity index (χ1v) is 2.82. The van der Waals surface area contributed by atoms with Crippen LogP contribution in [0.25, 0.3) is 0 Å². The molecule has 0 heterocycles. The molecular weight excluding hydrogens is 118 g/mol. The van der Waals surface area contributed by atoms with Gasteiger partial charge in [-0.2, -0.15) is 0 Å². The van der Waals surface area contributed by atoms with E-state index in [2.05, 4.69) is 5.32 Å². The molecule has 0 saturated carbocycles. The molecule has 0 bridgehead atoms. The Balaban J connectivity index is 3.69. The second kappa shape index (κ2) is 3.95. The highest BCUT2D eigenvalue weighted by Gasteiger charge is 1.89. The van der Waals surface area contributed by atoms with Crippen LogP contribution in [-0.4, -0.2) is 17.6 Å². The third-order valence-electron chi connectivity index (χ3n) is 0.796. The maximum atomic E-state index is 9.97. The quantitative estimate of drug-likeness (QED) is 0.548. The fourth-order valence-corrected chi connectivity index (χ4v) is 0.515. The van der Waals surface area contributed by atoms with Crippen LogP contribution in [0, 0.1) is 0 Å². The summed E-state index contributed by atoms with van der Waals surface area (Å²) in [4.78, 5) is 9.97. The molecule has 0 unspecified atom stereocenters. The third-order valence-corrected chi connectivity index (χ3v) is 0.796. The topological polar surface area (TPSA) is 49.3 Å². The second-order valence-corrected chi connectivity index (χ2v) is 1.70. The lowest BCUT2D eigenvalue weighted by Gasteiger charge is -1.98. The summed E-state index contributed by atoms with van der Waals surface area (Å²) in [5.74, 6) is -0.909. The number of hydrogen-bond acceptors (Lipinski definition) is 2. The maximum Gasteiger partial charge on any atom is 0.330 e. The van der Waals surface area contributed by atoms with Gasteiger partial charge < -0.3 is 10.4 Å². The Morgan fingerprint density at radius 2 is 2.33 bits per heavy atom. The van der Waals surface area contributed by atoms with Crippen LogP contribution in [0.3, 0.4) is 0 Å². The predicted molar refractivity (Wildman–Crippen MR) is 35.1 cm³/mol. The van der Waals surface area contributed by atoms with E-state index in [1.54, 1.807) is 6.92 Å². The van der Waals surface area contributed by atoms with Crippen LogP contribution >= 0.6 is 0 Å². The van der Waals surface area contributed by atoms with E-state index in [-0.39, 0.29) is 0 Å². The Kier molecular flexibility index (Phi) is 3.51. The summed E-state index contributed by atoms with van der Waals surface area (Å²) in [6.45, 7) is 4.40. The molecule has 0 aliphatic rings. The van der Waals surface area contributed by atoms with Crippen LogP contribution in [0.5, 0.6) is 0 Å². The standard InChI is InChI=1S/C6H11NO2/c1-3-7-5(2)4-6(8)9/h4,7H,3H2,1-2H3,(H,8,9). The summed E-state index contributed by atoms with van der Waals surface area (Å²) in [7, 11) is 0. The fraction of sp³-hybridized carbons (Fsp3) is 0.500. The van der Waals surface area contributed by atoms with Crippen molar-refractivity contribution in [2.45, 2.75) is 13.8 Å². The van der Waals surface area contributed by atoms with Gasteiger partial charge in [0.05, 0.1) is 0 Å². The average molecular weight is 129 g/mol. The largest absolute Gasteiger partial charge is 0.478 e. The smallest absolute Gasteiger partial charge is 0.330 e. The van der Waals surface area contributed by atoms with Crippen molar-refractivity contribution < 1.29 is 9.90 Å². The lowest BCUT2D eigenvalue weighted by molar-refractivity contribution is -0.131. The molecule has 0 spiro atoms. The van der Waals surface area contributed by atoms with Crippen molar-refractivity contribution in [1.29, 1.82) is 0 Å². The number of carboxylic acids is 1. The Labute approximate surface area is 54.4 Å². The minimum Gasteiger partial charge on any atom is -0.478 e. The van der Waals surface area contributed by atoms with Gasteiger partial charge in [0, 0.05) is 18.3 Å². The Bertz CT molecular complexity index is 129. The van der Waals surface area contributed by atoms with Crippen LogP contribution in [0.1, 0.15) is 13.8 Å². The van der Waals surface area contributed by atoms with Crippen molar-refractivity contribution in [2.75, 3.05) is 6.54 Å². The molecule has 0 aromatic heterocycles. The van der Waals surface area contributed by atoms with Crippen molar-refractivity contribution in [3.05, 3.63) is 11.8 Å². The van der Waals surface area contributed by atoms with Gasteiger partial charge in [0.1, 0.15) is 0 Å². The molecule has 0 fully saturated rings. The van der Waals surface area contributed by atoms with Gasteiger partial charge in [-0.05, 0) is 13.8 Å². The highest BCUT2D eigenvalue weighted by Crippen LogP contribution is 1.83. The third kappa shape index (κ3) is 4.87. The zero-order valence-electron chi connectivity index (χ0n) is 5.64. The Morgan fingerprint density at radius 1 is 1.78 bits per heavy atom. The molecule has 0 amide bonds. The van der Waals surface area contributed by atoms with Crippen LogP contribution < -0.4 is 5.32 Å². The molecule has 2 N–H and O–H groups in total. The first-order valence-electron chi connectivity index (χ1n) is 2.82. The summed E-state index contributed by atoms with van der Waals surface area (Å²) in [6.07, 6.45) is 1.14. The predicted octanol–water partition coefficient (Wildman–Crippen LogP) is 0.584. The van der Waals surface area contributed by atoms with E-state index in [1.807, 2.05) is 6.92 Å². The maximum absolute atomic E-state index is 9.97. The van der Waals surface area contributed by atoms with Crippen LogP contribution in [0.15, 0.2) is 11.8 Å². The first kappa shape index (κ1) is 8.01. The number of aliphatic carboxylic acids is 1. The van der Waals surface area contributed by atoms with Crippen molar-refractivity contribution in [3.8, 4) is 0 Å². The van der Waals surface area contributed by atoms with Gasteiger partial charge in [0.2, 0.25) is 0 Å². The molecule has 9 heavy (non-hydrogen) atoms. The van der Waals surface area contributed by atoms with E-state index in [0.717, 1.165) is 12.6 Å². The monoisotopic (exact) mass is 129 g/mol. The Hall–Kier alpha value is -0.990. The van der Waals surface area contributed by atoms with E-state index in [1.165, 1.54) is 0 Å². The number of carbonyl (C=O) groups is 1. The highest BCUT2D eigenvalue weighted by atomic mass is 16.4. The van der Waals surface area contributed by atoms with Gasteiger partial charge in [-0.3, -0.25) is 0 Å². The molecule has 3 heteroatoms. The second-order valence-electron chi connectivity index (χ2n) is 1.70. The summed E-state index contributed by atoms with van der Waals surface area (Å²) in [5.41, 5.74) is 0.685. The highest BCUT2D eigenvalue weighted by molar-refractivity contribution is 5.80. The lowest BCUT2D eigenvalue weighted by Crippen LogP contribution is -2.10. The van der Waals surface area contributed by atoms with Crippen molar-refractivity contribution in [2.24, 2.45) is 0 Å². The van der Waals surface area contributed by atoms with Crippen LogP contribution in [0.4, 0.5) is 0 Å². The van der Waals surface area contributed by atoms with E-state index < -0.39 is 5.97 Å². The van der Waals surface area contributed by atoms with Gasteiger partial charge in [-0.25, -0.2) is 4.79 Å². The minimum absolute atomic E-state index is 0.685.